The molecule has 2 aromatic carbocycles. The van der Waals surface area contributed by atoms with E-state index in [0.29, 0.717) is 29.4 Å². The molecule has 0 saturated heterocycles. The standard InChI is InChI=1S/C26H24FN3O3S/c1-29(2)23-11-10-21(28-25(31)18-6-3-7-20(27)14-18)15-19(23)16-30(17-22-8-4-12-33-22)26(32)24-9-5-13-34-24/h3-15H,16-17H2,1-2H3,(H,28,31). The van der Waals surface area contributed by atoms with Crippen molar-refractivity contribution in [3.8, 4) is 0 Å². The van der Waals surface area contributed by atoms with E-state index in [9.17, 15) is 14.0 Å². The summed E-state index contributed by atoms with van der Waals surface area (Å²) in [4.78, 5) is 30.2. The molecule has 0 saturated carbocycles. The Morgan fingerprint density at radius 2 is 1.85 bits per heavy atom. The van der Waals surface area contributed by atoms with Crippen LogP contribution in [0.5, 0.6) is 0 Å². The predicted molar refractivity (Wildman–Crippen MR) is 132 cm³/mol. The molecule has 4 rings (SSSR count). The van der Waals surface area contributed by atoms with Crippen molar-refractivity contribution in [2.45, 2.75) is 13.1 Å². The second-order valence-electron chi connectivity index (χ2n) is 7.92. The van der Waals surface area contributed by atoms with E-state index in [0.717, 1.165) is 11.3 Å². The smallest absolute Gasteiger partial charge is 0.264 e. The second-order valence-corrected chi connectivity index (χ2v) is 8.87. The van der Waals surface area contributed by atoms with E-state index in [1.807, 2.05) is 48.6 Å². The van der Waals surface area contributed by atoms with Gasteiger partial charge in [-0.2, -0.15) is 0 Å². The minimum atomic E-state index is -0.475. The number of thiophene rings is 1. The maximum absolute atomic E-state index is 13.5. The summed E-state index contributed by atoms with van der Waals surface area (Å²) in [5.74, 6) is -0.320. The van der Waals surface area contributed by atoms with Crippen LogP contribution >= 0.6 is 11.3 Å². The molecular formula is C26H24FN3O3S. The van der Waals surface area contributed by atoms with Crippen LogP contribution < -0.4 is 10.2 Å². The molecule has 0 aliphatic rings. The average Bonchev–Trinajstić information content (AvgIpc) is 3.53. The first-order chi connectivity index (χ1) is 16.4. The summed E-state index contributed by atoms with van der Waals surface area (Å²) < 4.78 is 19.0. The van der Waals surface area contributed by atoms with Gasteiger partial charge in [-0.05, 0) is 65.5 Å². The molecule has 6 nitrogen and oxygen atoms in total. The first-order valence-corrected chi connectivity index (χ1v) is 11.5. The number of hydrogen-bond acceptors (Lipinski definition) is 5. The van der Waals surface area contributed by atoms with Crippen molar-refractivity contribution in [1.82, 2.24) is 4.90 Å². The van der Waals surface area contributed by atoms with E-state index in [2.05, 4.69) is 5.32 Å². The first-order valence-electron chi connectivity index (χ1n) is 10.6. The number of carbonyl (C=O) groups excluding carboxylic acids is 2. The largest absolute Gasteiger partial charge is 0.467 e. The quantitative estimate of drug-likeness (QED) is 0.357. The Balaban J connectivity index is 1.63. The summed E-state index contributed by atoms with van der Waals surface area (Å²) in [6, 6.07) is 18.3. The number of hydrogen-bond donors (Lipinski definition) is 1. The molecule has 0 unspecified atom stereocenters. The van der Waals surface area contributed by atoms with Crippen LogP contribution in [0.1, 0.15) is 31.4 Å². The fourth-order valence-corrected chi connectivity index (χ4v) is 4.30. The summed E-state index contributed by atoms with van der Waals surface area (Å²) in [6.07, 6.45) is 1.58. The number of amides is 2. The molecule has 1 N–H and O–H groups in total. The third kappa shape index (κ3) is 5.52. The molecule has 174 valence electrons. The van der Waals surface area contributed by atoms with Gasteiger partial charge < -0.3 is 19.5 Å². The third-order valence-corrected chi connectivity index (χ3v) is 6.07. The fraction of sp³-hybridized carbons (Fsp3) is 0.154. The van der Waals surface area contributed by atoms with Crippen molar-refractivity contribution in [2.24, 2.45) is 0 Å². The number of benzene rings is 2. The van der Waals surface area contributed by atoms with Crippen molar-refractivity contribution in [3.63, 3.8) is 0 Å². The Hall–Kier alpha value is -3.91. The SMILES string of the molecule is CN(C)c1ccc(NC(=O)c2cccc(F)c2)cc1CN(Cc1ccco1)C(=O)c1cccs1. The molecule has 0 aliphatic carbocycles. The molecule has 2 amide bonds. The third-order valence-electron chi connectivity index (χ3n) is 5.21. The highest BCUT2D eigenvalue weighted by molar-refractivity contribution is 7.12. The second kappa shape index (κ2) is 10.4. The monoisotopic (exact) mass is 477 g/mol. The van der Waals surface area contributed by atoms with Crippen LogP contribution in [0.2, 0.25) is 0 Å². The molecule has 0 aliphatic heterocycles. The van der Waals surface area contributed by atoms with Crippen LogP contribution in [0.15, 0.2) is 82.8 Å². The van der Waals surface area contributed by atoms with Gasteiger partial charge in [-0.3, -0.25) is 9.59 Å². The average molecular weight is 478 g/mol. The predicted octanol–water partition coefficient (Wildman–Crippen LogP) is 5.64. The minimum Gasteiger partial charge on any atom is -0.467 e. The van der Waals surface area contributed by atoms with Crippen molar-refractivity contribution in [3.05, 3.63) is 106 Å². The zero-order chi connectivity index (χ0) is 24.1. The van der Waals surface area contributed by atoms with Gasteiger partial charge in [0.2, 0.25) is 0 Å². The van der Waals surface area contributed by atoms with Crippen LogP contribution in [0.25, 0.3) is 0 Å². The summed E-state index contributed by atoms with van der Waals surface area (Å²) in [5.41, 5.74) is 2.53. The van der Waals surface area contributed by atoms with E-state index in [1.165, 1.54) is 29.5 Å². The molecule has 0 radical (unpaired) electrons. The summed E-state index contributed by atoms with van der Waals surface area (Å²) >= 11 is 1.38. The van der Waals surface area contributed by atoms with E-state index < -0.39 is 11.7 Å². The lowest BCUT2D eigenvalue weighted by Gasteiger charge is -2.25. The zero-order valence-corrected chi connectivity index (χ0v) is 19.6. The van der Waals surface area contributed by atoms with E-state index >= 15 is 0 Å². The highest BCUT2D eigenvalue weighted by atomic mass is 32.1. The van der Waals surface area contributed by atoms with Crippen LogP contribution in [0.4, 0.5) is 15.8 Å². The number of halogens is 1. The van der Waals surface area contributed by atoms with Crippen LogP contribution in [0.3, 0.4) is 0 Å². The Morgan fingerprint density at radius 3 is 2.53 bits per heavy atom. The molecule has 4 aromatic rings. The fourth-order valence-electron chi connectivity index (χ4n) is 3.61. The van der Waals surface area contributed by atoms with Crippen LogP contribution in [-0.2, 0) is 13.1 Å². The summed E-state index contributed by atoms with van der Waals surface area (Å²) in [7, 11) is 3.84. The number of rotatable bonds is 8. The summed E-state index contributed by atoms with van der Waals surface area (Å²) in [5, 5.41) is 4.69. The summed E-state index contributed by atoms with van der Waals surface area (Å²) in [6.45, 7) is 0.602. The molecule has 0 spiro atoms. The molecule has 34 heavy (non-hydrogen) atoms. The normalized spacial score (nSPS) is 10.7. The lowest BCUT2D eigenvalue weighted by molar-refractivity contribution is 0.0722. The number of anilines is 2. The van der Waals surface area contributed by atoms with Gasteiger partial charge in [0.25, 0.3) is 11.8 Å². The van der Waals surface area contributed by atoms with Gasteiger partial charge in [-0.25, -0.2) is 4.39 Å². The minimum absolute atomic E-state index is 0.106. The lowest BCUT2D eigenvalue weighted by Crippen LogP contribution is -2.30. The van der Waals surface area contributed by atoms with Gasteiger partial charge in [0, 0.05) is 37.6 Å². The topological polar surface area (TPSA) is 65.8 Å². The molecule has 8 heteroatoms. The van der Waals surface area contributed by atoms with Gasteiger partial charge in [0.05, 0.1) is 17.7 Å². The van der Waals surface area contributed by atoms with Gasteiger partial charge >= 0.3 is 0 Å². The molecule has 0 bridgehead atoms. The lowest BCUT2D eigenvalue weighted by atomic mass is 10.1. The molecule has 2 heterocycles. The van der Waals surface area contributed by atoms with Crippen LogP contribution in [0, 0.1) is 5.82 Å². The van der Waals surface area contributed by atoms with Crippen molar-refractivity contribution in [1.29, 1.82) is 0 Å². The van der Waals surface area contributed by atoms with E-state index in [1.54, 1.807) is 35.4 Å². The Labute approximate surface area is 201 Å². The number of nitrogens with zero attached hydrogens (tertiary/aromatic N) is 2. The highest BCUT2D eigenvalue weighted by Crippen LogP contribution is 2.27. The first kappa shape index (κ1) is 23.3. The number of carbonyl (C=O) groups is 2. The number of nitrogens with one attached hydrogen (secondary N) is 1. The number of furan rings is 1. The Bertz CT molecular complexity index is 1270. The molecular weight excluding hydrogens is 453 g/mol. The molecule has 0 atom stereocenters. The van der Waals surface area contributed by atoms with Crippen molar-refractivity contribution < 1.29 is 18.4 Å². The maximum Gasteiger partial charge on any atom is 0.264 e. The van der Waals surface area contributed by atoms with E-state index in [-0.39, 0.29) is 11.5 Å². The molecule has 0 fully saturated rings. The van der Waals surface area contributed by atoms with Crippen molar-refractivity contribution in [2.75, 3.05) is 24.3 Å². The maximum atomic E-state index is 13.5. The van der Waals surface area contributed by atoms with Crippen LogP contribution in [-0.4, -0.2) is 30.8 Å². The zero-order valence-electron chi connectivity index (χ0n) is 18.8. The Kier molecular flexibility index (Phi) is 7.08. The van der Waals surface area contributed by atoms with Crippen molar-refractivity contribution >= 4 is 34.5 Å². The van der Waals surface area contributed by atoms with Gasteiger partial charge in [0.15, 0.2) is 0 Å². The molecule has 2 aromatic heterocycles. The Morgan fingerprint density at radius 1 is 1.00 bits per heavy atom. The van der Waals surface area contributed by atoms with E-state index in [4.69, 9.17) is 4.42 Å². The van der Waals surface area contributed by atoms with Gasteiger partial charge in [-0.15, -0.1) is 11.3 Å². The van der Waals surface area contributed by atoms with Gasteiger partial charge in [0.1, 0.15) is 11.6 Å². The van der Waals surface area contributed by atoms with Gasteiger partial charge in [-0.1, -0.05) is 12.1 Å². The highest BCUT2D eigenvalue weighted by Gasteiger charge is 2.21.